The minimum atomic E-state index is -1.89. The maximum atomic E-state index is 9.78. The number of aliphatic carboxylic acids is 1. The van der Waals surface area contributed by atoms with Gasteiger partial charge in [0.25, 0.3) is 0 Å². The fourth-order valence-electron chi connectivity index (χ4n) is 0.264. The van der Waals surface area contributed by atoms with Crippen molar-refractivity contribution in [2.45, 2.75) is 12.2 Å². The molecule has 0 aliphatic heterocycles. The predicted molar refractivity (Wildman–Crippen MR) is 26.7 cm³/mol. The van der Waals surface area contributed by atoms with Crippen LogP contribution in [0.2, 0.25) is 0 Å². The Bertz CT molecular complexity index is 101. The van der Waals surface area contributed by atoms with E-state index in [1.807, 2.05) is 0 Å². The lowest BCUT2D eigenvalue weighted by molar-refractivity contribution is -0.154. The largest absolute Gasteiger partial charge is 0.479 e. The molecule has 5 nitrogen and oxygen atoms in total. The van der Waals surface area contributed by atoms with Crippen molar-refractivity contribution in [1.29, 1.82) is 0 Å². The van der Waals surface area contributed by atoms with Gasteiger partial charge in [-0.3, -0.25) is 0 Å². The monoisotopic (exact) mass is 136 g/mol. The summed E-state index contributed by atoms with van der Waals surface area (Å²) in [5.74, 6) is -1.54. The Hall–Kier alpha value is -0.650. The van der Waals surface area contributed by atoms with E-state index < -0.39 is 24.8 Å². The van der Waals surface area contributed by atoms with E-state index in [-0.39, 0.29) is 0 Å². The molecule has 0 unspecified atom stereocenters. The molecule has 0 aliphatic rings. The van der Waals surface area contributed by atoms with Crippen LogP contribution in [0.15, 0.2) is 0 Å². The van der Waals surface area contributed by atoms with Crippen molar-refractivity contribution < 1.29 is 25.2 Å². The molecular formula is C4H8O5. The van der Waals surface area contributed by atoms with Crippen molar-refractivity contribution in [1.82, 2.24) is 0 Å². The van der Waals surface area contributed by atoms with Crippen LogP contribution < -0.4 is 0 Å². The predicted octanol–water partition coefficient (Wildman–Crippen LogP) is -2.21. The normalized spacial score (nSPS) is 16.8. The second-order valence-electron chi connectivity index (χ2n) is 1.53. The summed E-state index contributed by atoms with van der Waals surface area (Å²) in [6, 6.07) is 0. The van der Waals surface area contributed by atoms with Crippen LogP contribution in [-0.2, 0) is 4.79 Å². The number of hydrogen-bond donors (Lipinski definition) is 4. The van der Waals surface area contributed by atoms with E-state index in [0.29, 0.717) is 0 Å². The Kier molecular flexibility index (Phi) is 3.15. The zero-order chi connectivity index (χ0) is 7.44. The zero-order valence-corrected chi connectivity index (χ0v) is 4.56. The zero-order valence-electron chi connectivity index (χ0n) is 4.56. The van der Waals surface area contributed by atoms with Crippen molar-refractivity contribution >= 4 is 5.97 Å². The van der Waals surface area contributed by atoms with Gasteiger partial charge in [0.1, 0.15) is 6.10 Å². The molecule has 0 aromatic rings. The fraction of sp³-hybridized carbons (Fsp3) is 0.750. The highest BCUT2D eigenvalue weighted by atomic mass is 16.4. The summed E-state index contributed by atoms with van der Waals surface area (Å²) in [6.07, 6.45) is -3.49. The number of carboxylic acids is 1. The van der Waals surface area contributed by atoms with Gasteiger partial charge in [-0.2, -0.15) is 0 Å². The van der Waals surface area contributed by atoms with Gasteiger partial charge >= 0.3 is 5.97 Å². The molecule has 0 bridgehead atoms. The van der Waals surface area contributed by atoms with Crippen LogP contribution in [0.1, 0.15) is 0 Å². The van der Waals surface area contributed by atoms with E-state index in [4.69, 9.17) is 20.4 Å². The van der Waals surface area contributed by atoms with Crippen LogP contribution in [0.25, 0.3) is 0 Å². The molecule has 9 heavy (non-hydrogen) atoms. The first-order chi connectivity index (χ1) is 4.09. The van der Waals surface area contributed by atoms with Crippen molar-refractivity contribution in [3.05, 3.63) is 0 Å². The average molecular weight is 136 g/mol. The first-order valence-electron chi connectivity index (χ1n) is 2.29. The lowest BCUT2D eigenvalue weighted by Crippen LogP contribution is -2.36. The molecule has 0 spiro atoms. The molecule has 0 aliphatic carbocycles. The van der Waals surface area contributed by atoms with Gasteiger partial charge in [0.2, 0.25) is 0 Å². The smallest absolute Gasteiger partial charge is 0.335 e. The van der Waals surface area contributed by atoms with Crippen LogP contribution in [0.5, 0.6) is 0 Å². The minimum absolute atomic E-state index is 0.756. The summed E-state index contributed by atoms with van der Waals surface area (Å²) in [6.45, 7) is -0.756. The molecule has 0 saturated carbocycles. The molecule has 0 rings (SSSR count). The third kappa shape index (κ3) is 2.41. The van der Waals surface area contributed by atoms with E-state index in [9.17, 15) is 4.79 Å². The first-order valence-corrected chi connectivity index (χ1v) is 2.29. The fourth-order valence-corrected chi connectivity index (χ4v) is 0.264. The van der Waals surface area contributed by atoms with E-state index >= 15 is 0 Å². The number of carbonyl (C=O) groups is 1. The molecule has 0 aromatic carbocycles. The van der Waals surface area contributed by atoms with Gasteiger partial charge in [0.05, 0.1) is 6.61 Å². The lowest BCUT2D eigenvalue weighted by Gasteiger charge is -2.09. The summed E-state index contributed by atoms with van der Waals surface area (Å²) >= 11 is 0. The molecule has 4 N–H and O–H groups in total. The molecule has 5 heteroatoms. The highest BCUT2D eigenvalue weighted by Gasteiger charge is 2.21. The molecule has 54 valence electrons. The lowest BCUT2D eigenvalue weighted by atomic mass is 10.2. The van der Waals surface area contributed by atoms with E-state index in [1.54, 1.807) is 0 Å². The third-order valence-electron chi connectivity index (χ3n) is 0.805. The molecule has 0 heterocycles. The van der Waals surface area contributed by atoms with Crippen LogP contribution in [-0.4, -0.2) is 45.2 Å². The standard InChI is InChI=1S/C4H8O5/c5-1-2(6)3(7)4(8)9/h2-3,5-7H,1H2,(H,8,9)/t2-,3-/m0/s1. The van der Waals surface area contributed by atoms with Gasteiger partial charge in [-0.15, -0.1) is 0 Å². The molecule has 0 amide bonds. The molecule has 0 saturated heterocycles. The molecule has 0 fully saturated rings. The van der Waals surface area contributed by atoms with Crippen LogP contribution in [0.4, 0.5) is 0 Å². The molecule has 0 aromatic heterocycles. The first kappa shape index (κ1) is 8.35. The van der Waals surface area contributed by atoms with E-state index in [1.165, 1.54) is 0 Å². The summed E-state index contributed by atoms with van der Waals surface area (Å²) < 4.78 is 0. The van der Waals surface area contributed by atoms with Crippen molar-refractivity contribution in [2.24, 2.45) is 0 Å². The maximum Gasteiger partial charge on any atom is 0.335 e. The summed E-state index contributed by atoms with van der Waals surface area (Å²) in [5, 5.41) is 32.8. The van der Waals surface area contributed by atoms with E-state index in [2.05, 4.69) is 0 Å². The van der Waals surface area contributed by atoms with Gasteiger partial charge in [0.15, 0.2) is 6.10 Å². The third-order valence-corrected chi connectivity index (χ3v) is 0.805. The Labute approximate surface area is 51.2 Å². The molecular weight excluding hydrogens is 128 g/mol. The van der Waals surface area contributed by atoms with Gasteiger partial charge in [-0.05, 0) is 0 Å². The number of hydrogen-bond acceptors (Lipinski definition) is 4. The van der Waals surface area contributed by atoms with Crippen molar-refractivity contribution in [3.63, 3.8) is 0 Å². The van der Waals surface area contributed by atoms with Gasteiger partial charge in [-0.1, -0.05) is 0 Å². The van der Waals surface area contributed by atoms with E-state index in [0.717, 1.165) is 0 Å². The van der Waals surface area contributed by atoms with Crippen LogP contribution in [0.3, 0.4) is 0 Å². The van der Waals surface area contributed by atoms with Crippen LogP contribution in [0, 0.1) is 0 Å². The summed E-state index contributed by atoms with van der Waals surface area (Å²) in [4.78, 5) is 9.78. The topological polar surface area (TPSA) is 98.0 Å². The Morgan fingerprint density at radius 1 is 1.44 bits per heavy atom. The Balaban J connectivity index is 3.72. The number of rotatable bonds is 3. The van der Waals surface area contributed by atoms with Gasteiger partial charge in [0, 0.05) is 0 Å². The second kappa shape index (κ2) is 3.39. The molecule has 0 radical (unpaired) electrons. The van der Waals surface area contributed by atoms with Gasteiger partial charge in [-0.25, -0.2) is 4.79 Å². The summed E-state index contributed by atoms with van der Waals surface area (Å²) in [7, 11) is 0. The minimum Gasteiger partial charge on any atom is -0.479 e. The Morgan fingerprint density at radius 2 is 1.89 bits per heavy atom. The van der Waals surface area contributed by atoms with Crippen molar-refractivity contribution in [3.8, 4) is 0 Å². The quantitative estimate of drug-likeness (QED) is 0.352. The highest BCUT2D eigenvalue weighted by molar-refractivity contribution is 5.72. The van der Waals surface area contributed by atoms with Crippen molar-refractivity contribution in [2.75, 3.05) is 6.61 Å². The summed E-state index contributed by atoms with van der Waals surface area (Å²) in [5.41, 5.74) is 0. The van der Waals surface area contributed by atoms with Crippen LogP contribution >= 0.6 is 0 Å². The average Bonchev–Trinajstić information content (AvgIpc) is 1.84. The SMILES string of the molecule is O=C(O)[C@@H](O)[C@@H](O)CO. The second-order valence-corrected chi connectivity index (χ2v) is 1.53. The maximum absolute atomic E-state index is 9.78. The molecule has 2 atom stereocenters. The number of aliphatic hydroxyl groups is 3. The van der Waals surface area contributed by atoms with Gasteiger partial charge < -0.3 is 20.4 Å². The number of carboxylic acid groups (broad SMARTS) is 1. The highest BCUT2D eigenvalue weighted by Crippen LogP contribution is 1.90. The Morgan fingerprint density at radius 3 is 2.00 bits per heavy atom. The number of aliphatic hydroxyl groups excluding tert-OH is 3.